The molecule has 0 fully saturated rings. The maximum absolute atomic E-state index is 5.58. The lowest BCUT2D eigenvalue weighted by Gasteiger charge is -2.03. The molecule has 2 rings (SSSR count). The SMILES string of the molecule is COc1ccc(-c2nc(Br)[nH]c2CCN)cc1. The van der Waals surface area contributed by atoms with Crippen molar-refractivity contribution in [3.05, 3.63) is 34.7 Å². The first-order valence-corrected chi connectivity index (χ1v) is 6.12. The summed E-state index contributed by atoms with van der Waals surface area (Å²) in [5, 5.41) is 0. The summed E-state index contributed by atoms with van der Waals surface area (Å²) in [6, 6.07) is 7.82. The van der Waals surface area contributed by atoms with Crippen molar-refractivity contribution in [1.29, 1.82) is 0 Å². The van der Waals surface area contributed by atoms with Gasteiger partial charge in [0.05, 0.1) is 12.8 Å². The molecule has 0 saturated heterocycles. The fourth-order valence-electron chi connectivity index (χ4n) is 1.69. The van der Waals surface area contributed by atoms with E-state index in [0.29, 0.717) is 6.54 Å². The number of rotatable bonds is 4. The summed E-state index contributed by atoms with van der Waals surface area (Å²) in [5.41, 5.74) is 8.61. The van der Waals surface area contributed by atoms with Crippen LogP contribution in [0.3, 0.4) is 0 Å². The first-order chi connectivity index (χ1) is 8.24. The summed E-state index contributed by atoms with van der Waals surface area (Å²) < 4.78 is 5.86. The largest absolute Gasteiger partial charge is 0.497 e. The molecule has 0 unspecified atom stereocenters. The smallest absolute Gasteiger partial charge is 0.175 e. The van der Waals surface area contributed by atoms with E-state index in [2.05, 4.69) is 25.9 Å². The number of hydrogen-bond donors (Lipinski definition) is 2. The molecule has 0 spiro atoms. The average Bonchev–Trinajstić information content (AvgIpc) is 2.71. The first kappa shape index (κ1) is 12.1. The maximum atomic E-state index is 5.58. The van der Waals surface area contributed by atoms with Gasteiger partial charge in [0.1, 0.15) is 5.75 Å². The third kappa shape index (κ3) is 2.68. The fourth-order valence-corrected chi connectivity index (χ4v) is 2.11. The van der Waals surface area contributed by atoms with Gasteiger partial charge in [0.15, 0.2) is 4.73 Å². The Balaban J connectivity index is 2.37. The van der Waals surface area contributed by atoms with Crippen molar-refractivity contribution in [2.75, 3.05) is 13.7 Å². The Hall–Kier alpha value is -1.33. The quantitative estimate of drug-likeness (QED) is 0.910. The van der Waals surface area contributed by atoms with Crippen LogP contribution in [0.2, 0.25) is 0 Å². The van der Waals surface area contributed by atoms with E-state index in [1.165, 1.54) is 0 Å². The number of aromatic amines is 1. The standard InChI is InChI=1S/C12H14BrN3O/c1-17-9-4-2-8(3-5-9)11-10(6-7-14)15-12(13)16-11/h2-5H,6-7,14H2,1H3,(H,15,16). The van der Waals surface area contributed by atoms with E-state index < -0.39 is 0 Å². The molecule has 0 atom stereocenters. The number of nitrogens with two attached hydrogens (primary N) is 1. The second kappa shape index (κ2) is 5.33. The van der Waals surface area contributed by atoms with Crippen LogP contribution >= 0.6 is 15.9 Å². The predicted octanol–water partition coefficient (Wildman–Crippen LogP) is 2.35. The minimum Gasteiger partial charge on any atom is -0.497 e. The summed E-state index contributed by atoms with van der Waals surface area (Å²) in [6.07, 6.45) is 0.778. The molecule has 2 aromatic rings. The second-order valence-electron chi connectivity index (χ2n) is 3.62. The Labute approximate surface area is 108 Å². The van der Waals surface area contributed by atoms with Crippen LogP contribution in [0.25, 0.3) is 11.3 Å². The number of aromatic nitrogens is 2. The van der Waals surface area contributed by atoms with Gasteiger partial charge in [-0.1, -0.05) is 0 Å². The maximum Gasteiger partial charge on any atom is 0.175 e. The number of methoxy groups -OCH3 is 1. The van der Waals surface area contributed by atoms with Gasteiger partial charge >= 0.3 is 0 Å². The molecule has 3 N–H and O–H groups in total. The molecule has 0 aliphatic heterocycles. The van der Waals surface area contributed by atoms with Gasteiger partial charge in [-0.2, -0.15) is 0 Å². The lowest BCUT2D eigenvalue weighted by atomic mass is 10.1. The Morgan fingerprint density at radius 3 is 2.65 bits per heavy atom. The monoisotopic (exact) mass is 295 g/mol. The molecule has 0 saturated carbocycles. The van der Waals surface area contributed by atoms with Crippen molar-refractivity contribution >= 4 is 15.9 Å². The van der Waals surface area contributed by atoms with Crippen LogP contribution < -0.4 is 10.5 Å². The highest BCUT2D eigenvalue weighted by Crippen LogP contribution is 2.25. The van der Waals surface area contributed by atoms with E-state index >= 15 is 0 Å². The number of hydrogen-bond acceptors (Lipinski definition) is 3. The Morgan fingerprint density at radius 2 is 2.06 bits per heavy atom. The number of halogens is 1. The molecule has 0 radical (unpaired) electrons. The molecular formula is C12H14BrN3O. The summed E-state index contributed by atoms with van der Waals surface area (Å²) >= 11 is 3.35. The molecule has 4 nitrogen and oxygen atoms in total. The van der Waals surface area contributed by atoms with Crippen LogP contribution in [-0.4, -0.2) is 23.6 Å². The molecule has 1 heterocycles. The van der Waals surface area contributed by atoms with Gasteiger partial charge in [-0.05, 0) is 46.7 Å². The predicted molar refractivity (Wildman–Crippen MR) is 71.0 cm³/mol. The van der Waals surface area contributed by atoms with Crippen molar-refractivity contribution in [1.82, 2.24) is 9.97 Å². The lowest BCUT2D eigenvalue weighted by molar-refractivity contribution is 0.415. The lowest BCUT2D eigenvalue weighted by Crippen LogP contribution is -2.04. The number of H-pyrrole nitrogens is 1. The van der Waals surface area contributed by atoms with Gasteiger partial charge in [-0.15, -0.1) is 0 Å². The van der Waals surface area contributed by atoms with Gasteiger partial charge in [-0.25, -0.2) is 4.98 Å². The number of ether oxygens (including phenoxy) is 1. The van der Waals surface area contributed by atoms with Crippen LogP contribution in [0.5, 0.6) is 5.75 Å². The minimum absolute atomic E-state index is 0.595. The molecule has 0 aliphatic rings. The van der Waals surface area contributed by atoms with E-state index in [1.807, 2.05) is 24.3 Å². The van der Waals surface area contributed by atoms with Crippen LogP contribution in [0, 0.1) is 0 Å². The molecule has 0 amide bonds. The van der Waals surface area contributed by atoms with Crippen molar-refractivity contribution < 1.29 is 4.74 Å². The normalized spacial score (nSPS) is 10.5. The van der Waals surface area contributed by atoms with Gasteiger partial charge in [0.25, 0.3) is 0 Å². The van der Waals surface area contributed by atoms with Crippen LogP contribution in [0.15, 0.2) is 29.0 Å². The molecule has 17 heavy (non-hydrogen) atoms. The van der Waals surface area contributed by atoms with E-state index in [9.17, 15) is 0 Å². The zero-order valence-electron chi connectivity index (χ0n) is 9.53. The number of nitrogens with zero attached hydrogens (tertiary/aromatic N) is 1. The summed E-state index contributed by atoms with van der Waals surface area (Å²) in [6.45, 7) is 0.595. The average molecular weight is 296 g/mol. The van der Waals surface area contributed by atoms with Crippen LogP contribution in [0.4, 0.5) is 0 Å². The number of benzene rings is 1. The Bertz CT molecular complexity index is 493. The Kier molecular flexibility index (Phi) is 3.81. The van der Waals surface area contributed by atoms with E-state index in [-0.39, 0.29) is 0 Å². The van der Waals surface area contributed by atoms with Gasteiger partial charge in [0.2, 0.25) is 0 Å². The molecule has 1 aromatic carbocycles. The summed E-state index contributed by atoms with van der Waals surface area (Å²) in [5.74, 6) is 0.837. The molecule has 90 valence electrons. The van der Waals surface area contributed by atoms with Crippen molar-refractivity contribution in [3.8, 4) is 17.0 Å². The van der Waals surface area contributed by atoms with Crippen LogP contribution in [0.1, 0.15) is 5.69 Å². The van der Waals surface area contributed by atoms with Gasteiger partial charge < -0.3 is 15.5 Å². The highest BCUT2D eigenvalue weighted by atomic mass is 79.9. The van der Waals surface area contributed by atoms with E-state index in [0.717, 1.165) is 33.9 Å². The van der Waals surface area contributed by atoms with E-state index in [4.69, 9.17) is 10.5 Å². The minimum atomic E-state index is 0.595. The topological polar surface area (TPSA) is 63.9 Å². The fraction of sp³-hybridized carbons (Fsp3) is 0.250. The highest BCUT2D eigenvalue weighted by molar-refractivity contribution is 9.10. The summed E-state index contributed by atoms with van der Waals surface area (Å²) in [4.78, 5) is 7.59. The van der Waals surface area contributed by atoms with Crippen LogP contribution in [-0.2, 0) is 6.42 Å². The summed E-state index contributed by atoms with van der Waals surface area (Å²) in [7, 11) is 1.65. The molecule has 0 aliphatic carbocycles. The second-order valence-corrected chi connectivity index (χ2v) is 4.37. The third-order valence-corrected chi connectivity index (χ3v) is 2.88. The third-order valence-electron chi connectivity index (χ3n) is 2.51. The van der Waals surface area contributed by atoms with E-state index in [1.54, 1.807) is 7.11 Å². The molecule has 5 heteroatoms. The zero-order valence-corrected chi connectivity index (χ0v) is 11.1. The number of nitrogens with one attached hydrogen (secondary N) is 1. The van der Waals surface area contributed by atoms with Crippen molar-refractivity contribution in [3.63, 3.8) is 0 Å². The van der Waals surface area contributed by atoms with Crippen molar-refractivity contribution in [2.24, 2.45) is 5.73 Å². The highest BCUT2D eigenvalue weighted by Gasteiger charge is 2.10. The van der Waals surface area contributed by atoms with Crippen molar-refractivity contribution in [2.45, 2.75) is 6.42 Å². The molecule has 1 aromatic heterocycles. The molecular weight excluding hydrogens is 282 g/mol. The van der Waals surface area contributed by atoms with Gasteiger partial charge in [-0.3, -0.25) is 0 Å². The Morgan fingerprint density at radius 1 is 1.35 bits per heavy atom. The zero-order chi connectivity index (χ0) is 12.3. The number of imidazole rings is 1. The van der Waals surface area contributed by atoms with Gasteiger partial charge in [0, 0.05) is 17.7 Å². The first-order valence-electron chi connectivity index (χ1n) is 5.33. The molecule has 0 bridgehead atoms.